The van der Waals surface area contributed by atoms with Crippen LogP contribution in [0.15, 0.2) is 59.5 Å². The number of carbonyl (C=O) groups is 1. The summed E-state index contributed by atoms with van der Waals surface area (Å²) >= 11 is 0. The molecule has 0 spiro atoms. The fraction of sp³-hybridized carbons (Fsp3) is 0.211. The fourth-order valence-electron chi connectivity index (χ4n) is 2.79. The van der Waals surface area contributed by atoms with E-state index in [1.165, 1.54) is 52.9 Å². The minimum atomic E-state index is -3.60. The summed E-state index contributed by atoms with van der Waals surface area (Å²) in [5.41, 5.74) is 0.608. The Hall–Kier alpha value is -3.08. The Morgan fingerprint density at radius 1 is 1.10 bits per heavy atom. The quantitative estimate of drug-likeness (QED) is 0.437. The Morgan fingerprint density at radius 2 is 1.76 bits per heavy atom. The Labute approximate surface area is 167 Å². The van der Waals surface area contributed by atoms with Gasteiger partial charge in [-0.2, -0.15) is 4.31 Å². The molecular formula is C19H19N3O6S. The zero-order chi connectivity index (χ0) is 20.9. The number of amides is 1. The molecule has 0 unspecified atom stereocenters. The van der Waals surface area contributed by atoms with Crippen LogP contribution in [0.25, 0.3) is 6.08 Å². The number of sulfonamides is 1. The third kappa shape index (κ3) is 5.05. The predicted molar refractivity (Wildman–Crippen MR) is 107 cm³/mol. The van der Waals surface area contributed by atoms with Crippen molar-refractivity contribution in [1.82, 2.24) is 4.31 Å². The van der Waals surface area contributed by atoms with Gasteiger partial charge in [0.05, 0.1) is 28.6 Å². The molecule has 2 aromatic rings. The summed E-state index contributed by atoms with van der Waals surface area (Å²) < 4.78 is 31.7. The average Bonchev–Trinajstić information content (AvgIpc) is 2.73. The number of hydrogen-bond donors (Lipinski definition) is 1. The highest BCUT2D eigenvalue weighted by molar-refractivity contribution is 7.89. The third-order valence-corrected chi connectivity index (χ3v) is 6.19. The van der Waals surface area contributed by atoms with Gasteiger partial charge in [-0.05, 0) is 36.4 Å². The van der Waals surface area contributed by atoms with E-state index in [9.17, 15) is 23.3 Å². The molecule has 0 radical (unpaired) electrons. The summed E-state index contributed by atoms with van der Waals surface area (Å²) in [7, 11) is -3.60. The maximum Gasteiger partial charge on any atom is 0.276 e. The van der Waals surface area contributed by atoms with E-state index in [0.717, 1.165) is 0 Å². The monoisotopic (exact) mass is 417 g/mol. The molecule has 0 aliphatic carbocycles. The second kappa shape index (κ2) is 8.95. The molecule has 0 bridgehead atoms. The van der Waals surface area contributed by atoms with E-state index in [-0.39, 0.29) is 10.6 Å². The van der Waals surface area contributed by atoms with Crippen LogP contribution in [0.4, 0.5) is 11.4 Å². The van der Waals surface area contributed by atoms with Crippen LogP contribution < -0.4 is 5.32 Å². The highest BCUT2D eigenvalue weighted by Gasteiger charge is 2.26. The van der Waals surface area contributed by atoms with Crippen molar-refractivity contribution in [2.24, 2.45) is 0 Å². The summed E-state index contributed by atoms with van der Waals surface area (Å²) in [6.07, 6.45) is 2.53. The number of nitrogens with one attached hydrogen (secondary N) is 1. The number of para-hydroxylation sites is 1. The lowest BCUT2D eigenvalue weighted by molar-refractivity contribution is -0.385. The first-order chi connectivity index (χ1) is 13.9. The zero-order valence-corrected chi connectivity index (χ0v) is 16.2. The third-order valence-electron chi connectivity index (χ3n) is 4.28. The van der Waals surface area contributed by atoms with E-state index in [0.29, 0.717) is 37.6 Å². The lowest BCUT2D eigenvalue weighted by Gasteiger charge is -2.26. The van der Waals surface area contributed by atoms with Crippen LogP contribution in [0.3, 0.4) is 0 Å². The van der Waals surface area contributed by atoms with E-state index in [4.69, 9.17) is 4.74 Å². The van der Waals surface area contributed by atoms with Crippen LogP contribution in [0.2, 0.25) is 0 Å². The molecule has 9 nitrogen and oxygen atoms in total. The van der Waals surface area contributed by atoms with E-state index >= 15 is 0 Å². The first-order valence-electron chi connectivity index (χ1n) is 8.78. The minimum absolute atomic E-state index is 0.103. The SMILES string of the molecule is O=C(C=Cc1ccccc1[N+](=O)[O-])Nc1ccc(S(=O)(=O)N2CCOCC2)cc1. The van der Waals surface area contributed by atoms with Gasteiger partial charge in [-0.1, -0.05) is 12.1 Å². The predicted octanol–water partition coefficient (Wildman–Crippen LogP) is 2.27. The second-order valence-corrected chi connectivity index (χ2v) is 8.12. The molecule has 1 fully saturated rings. The molecule has 0 aromatic heterocycles. The Kier molecular flexibility index (Phi) is 6.37. The van der Waals surface area contributed by atoms with E-state index in [2.05, 4.69) is 5.32 Å². The normalized spacial score (nSPS) is 15.3. The van der Waals surface area contributed by atoms with Gasteiger partial charge in [0, 0.05) is 30.9 Å². The molecule has 29 heavy (non-hydrogen) atoms. The maximum atomic E-state index is 12.6. The van der Waals surface area contributed by atoms with Gasteiger partial charge in [-0.25, -0.2) is 8.42 Å². The van der Waals surface area contributed by atoms with Crippen LogP contribution in [-0.2, 0) is 19.6 Å². The number of carbonyl (C=O) groups excluding carboxylic acids is 1. The molecule has 1 amide bonds. The summed E-state index contributed by atoms with van der Waals surface area (Å²) in [4.78, 5) is 22.7. The number of morpholine rings is 1. The van der Waals surface area contributed by atoms with Crippen molar-refractivity contribution >= 4 is 33.4 Å². The molecule has 1 heterocycles. The largest absolute Gasteiger partial charge is 0.379 e. The van der Waals surface area contributed by atoms with Crippen molar-refractivity contribution in [3.8, 4) is 0 Å². The van der Waals surface area contributed by atoms with Crippen LogP contribution in [0.5, 0.6) is 0 Å². The number of rotatable bonds is 6. The summed E-state index contributed by atoms with van der Waals surface area (Å²) in [6, 6.07) is 11.9. The summed E-state index contributed by atoms with van der Waals surface area (Å²) in [5.74, 6) is -0.494. The number of nitro benzene ring substituents is 1. The van der Waals surface area contributed by atoms with Gasteiger partial charge in [0.1, 0.15) is 0 Å². The van der Waals surface area contributed by atoms with Gasteiger partial charge >= 0.3 is 0 Å². The molecule has 1 saturated heterocycles. The number of anilines is 1. The Bertz CT molecular complexity index is 1030. The van der Waals surface area contributed by atoms with Crippen LogP contribution >= 0.6 is 0 Å². The van der Waals surface area contributed by atoms with Gasteiger partial charge in [0.15, 0.2) is 0 Å². The molecule has 1 N–H and O–H groups in total. The second-order valence-electron chi connectivity index (χ2n) is 6.18. The number of benzene rings is 2. The van der Waals surface area contributed by atoms with Gasteiger partial charge in [0.25, 0.3) is 5.69 Å². The highest BCUT2D eigenvalue weighted by Crippen LogP contribution is 2.21. The maximum absolute atomic E-state index is 12.6. The van der Waals surface area contributed by atoms with Crippen molar-refractivity contribution < 1.29 is 22.9 Å². The lowest BCUT2D eigenvalue weighted by Crippen LogP contribution is -2.40. The van der Waals surface area contributed by atoms with Crippen LogP contribution in [0, 0.1) is 10.1 Å². The van der Waals surface area contributed by atoms with Crippen molar-refractivity contribution in [3.05, 3.63) is 70.3 Å². The highest BCUT2D eigenvalue weighted by atomic mass is 32.2. The van der Waals surface area contributed by atoms with E-state index in [1.54, 1.807) is 12.1 Å². The first kappa shape index (κ1) is 20.6. The smallest absolute Gasteiger partial charge is 0.276 e. The van der Waals surface area contributed by atoms with Gasteiger partial charge < -0.3 is 10.1 Å². The molecule has 152 valence electrons. The average molecular weight is 417 g/mol. The number of hydrogen-bond acceptors (Lipinski definition) is 6. The fourth-order valence-corrected chi connectivity index (χ4v) is 4.20. The standard InChI is InChI=1S/C19H19N3O6S/c23-19(10-5-15-3-1-2-4-18(15)22(24)25)20-16-6-8-17(9-7-16)29(26,27)21-11-13-28-14-12-21/h1-10H,11-14H2,(H,20,23). The van der Waals surface area contributed by atoms with Crippen molar-refractivity contribution in [2.45, 2.75) is 4.90 Å². The van der Waals surface area contributed by atoms with E-state index in [1.807, 2.05) is 0 Å². The first-order valence-corrected chi connectivity index (χ1v) is 10.2. The molecule has 10 heteroatoms. The van der Waals surface area contributed by atoms with Crippen molar-refractivity contribution in [1.29, 1.82) is 0 Å². The number of nitrogens with zero attached hydrogens (tertiary/aromatic N) is 2. The van der Waals surface area contributed by atoms with E-state index < -0.39 is 20.9 Å². The number of nitro groups is 1. The zero-order valence-electron chi connectivity index (χ0n) is 15.4. The van der Waals surface area contributed by atoms with Crippen molar-refractivity contribution in [2.75, 3.05) is 31.6 Å². The molecule has 0 saturated carbocycles. The summed E-state index contributed by atoms with van der Waals surface area (Å²) in [5, 5.41) is 13.6. The summed E-state index contributed by atoms with van der Waals surface area (Å²) in [6.45, 7) is 1.33. The van der Waals surface area contributed by atoms with Gasteiger partial charge in [0.2, 0.25) is 15.9 Å². The van der Waals surface area contributed by atoms with Gasteiger partial charge in [-0.3, -0.25) is 14.9 Å². The van der Waals surface area contributed by atoms with Crippen molar-refractivity contribution in [3.63, 3.8) is 0 Å². The molecule has 0 atom stereocenters. The minimum Gasteiger partial charge on any atom is -0.379 e. The molecular weight excluding hydrogens is 398 g/mol. The Balaban J connectivity index is 1.67. The molecule has 1 aliphatic heterocycles. The Morgan fingerprint density at radius 3 is 2.41 bits per heavy atom. The number of ether oxygens (including phenoxy) is 1. The molecule has 2 aromatic carbocycles. The molecule has 1 aliphatic rings. The van der Waals surface area contributed by atoms with Crippen LogP contribution in [0.1, 0.15) is 5.56 Å². The van der Waals surface area contributed by atoms with Gasteiger partial charge in [-0.15, -0.1) is 0 Å². The lowest BCUT2D eigenvalue weighted by atomic mass is 10.1. The topological polar surface area (TPSA) is 119 Å². The molecule has 3 rings (SSSR count). The van der Waals surface area contributed by atoms with Crippen LogP contribution in [-0.4, -0.2) is 49.9 Å².